The molecule has 0 bridgehead atoms. The lowest BCUT2D eigenvalue weighted by Crippen LogP contribution is -2.28. The molecule has 0 fully saturated rings. The first kappa shape index (κ1) is 13.1. The van der Waals surface area contributed by atoms with Crippen LogP contribution in [0.4, 0.5) is 14.5 Å². The molecule has 0 saturated heterocycles. The number of para-hydroxylation sites is 1. The van der Waals surface area contributed by atoms with Crippen molar-refractivity contribution in [2.75, 3.05) is 5.32 Å². The Hall–Kier alpha value is -1.90. The highest BCUT2D eigenvalue weighted by Gasteiger charge is 2.20. The van der Waals surface area contributed by atoms with Crippen LogP contribution < -0.4 is 5.32 Å². The Kier molecular flexibility index (Phi) is 3.43. The van der Waals surface area contributed by atoms with Gasteiger partial charge in [0.1, 0.15) is 0 Å². The van der Waals surface area contributed by atoms with E-state index in [0.29, 0.717) is 17.5 Å². The maximum Gasteiger partial charge on any atom is 0.162 e. The molecule has 0 amide bonds. The van der Waals surface area contributed by atoms with E-state index in [0.717, 1.165) is 18.5 Å². The molecule has 3 rings (SSSR count). The Morgan fingerprint density at radius 1 is 1.10 bits per heavy atom. The number of benzene rings is 2. The Morgan fingerprint density at radius 2 is 1.90 bits per heavy atom. The normalized spacial score (nSPS) is 17.4. The fraction of sp³-hybridized carbons (Fsp3) is 0.294. The fourth-order valence-corrected chi connectivity index (χ4v) is 2.76. The van der Waals surface area contributed by atoms with Crippen molar-refractivity contribution in [1.29, 1.82) is 0 Å². The maximum absolute atomic E-state index is 13.9. The van der Waals surface area contributed by atoms with Crippen LogP contribution in [0.25, 0.3) is 0 Å². The van der Waals surface area contributed by atoms with Crippen LogP contribution in [0.1, 0.15) is 23.1 Å². The third kappa shape index (κ3) is 2.40. The number of fused-ring (bicyclic) bond motifs is 1. The van der Waals surface area contributed by atoms with Crippen LogP contribution in [-0.2, 0) is 12.8 Å². The van der Waals surface area contributed by atoms with Gasteiger partial charge in [0.2, 0.25) is 0 Å². The van der Waals surface area contributed by atoms with E-state index in [4.69, 9.17) is 0 Å². The Labute approximate surface area is 117 Å². The molecule has 2 aromatic carbocycles. The van der Waals surface area contributed by atoms with Crippen LogP contribution in [0.2, 0.25) is 0 Å². The number of rotatable bonds is 2. The molecule has 1 heterocycles. The van der Waals surface area contributed by atoms with Crippen molar-refractivity contribution in [2.45, 2.75) is 32.2 Å². The Balaban J connectivity index is 1.79. The quantitative estimate of drug-likeness (QED) is 0.863. The number of halogens is 2. The van der Waals surface area contributed by atoms with Crippen LogP contribution in [0.5, 0.6) is 0 Å². The van der Waals surface area contributed by atoms with Gasteiger partial charge in [-0.2, -0.15) is 0 Å². The summed E-state index contributed by atoms with van der Waals surface area (Å²) < 4.78 is 27.5. The second-order valence-electron chi connectivity index (χ2n) is 5.41. The largest absolute Gasteiger partial charge is 0.382 e. The highest BCUT2D eigenvalue weighted by molar-refractivity contribution is 5.54. The molecule has 3 heteroatoms. The van der Waals surface area contributed by atoms with Crippen molar-refractivity contribution in [3.05, 3.63) is 64.7 Å². The summed E-state index contributed by atoms with van der Waals surface area (Å²) in [6, 6.07) is 11.6. The predicted octanol–water partition coefficient (Wildman–Crippen LogP) is 4.24. The van der Waals surface area contributed by atoms with Gasteiger partial charge in [-0.3, -0.25) is 0 Å². The van der Waals surface area contributed by atoms with Crippen molar-refractivity contribution in [2.24, 2.45) is 0 Å². The zero-order valence-corrected chi connectivity index (χ0v) is 11.4. The van der Waals surface area contributed by atoms with Gasteiger partial charge in [-0.05, 0) is 48.9 Å². The molecule has 0 radical (unpaired) electrons. The van der Waals surface area contributed by atoms with E-state index >= 15 is 0 Å². The molecular weight excluding hydrogens is 256 g/mol. The van der Waals surface area contributed by atoms with E-state index < -0.39 is 11.6 Å². The van der Waals surface area contributed by atoms with Gasteiger partial charge in [0, 0.05) is 11.7 Å². The van der Waals surface area contributed by atoms with Crippen LogP contribution in [0.15, 0.2) is 36.4 Å². The third-order valence-electron chi connectivity index (χ3n) is 3.96. The molecule has 0 spiro atoms. The molecule has 104 valence electrons. The van der Waals surface area contributed by atoms with Crippen molar-refractivity contribution in [3.63, 3.8) is 0 Å². The first-order chi connectivity index (χ1) is 9.65. The molecule has 1 aliphatic rings. The van der Waals surface area contributed by atoms with Crippen LogP contribution in [0.3, 0.4) is 0 Å². The minimum absolute atomic E-state index is 0.154. The molecule has 1 unspecified atom stereocenters. The van der Waals surface area contributed by atoms with Crippen molar-refractivity contribution in [3.8, 4) is 0 Å². The molecule has 2 aromatic rings. The maximum atomic E-state index is 13.9. The van der Waals surface area contributed by atoms with E-state index in [1.165, 1.54) is 5.56 Å². The summed E-state index contributed by atoms with van der Waals surface area (Å²) in [6.45, 7) is 1.58. The Bertz CT molecular complexity index is 637. The lowest BCUT2D eigenvalue weighted by molar-refractivity contribution is 0.487. The topological polar surface area (TPSA) is 12.0 Å². The average molecular weight is 273 g/mol. The third-order valence-corrected chi connectivity index (χ3v) is 3.96. The van der Waals surface area contributed by atoms with E-state index in [1.54, 1.807) is 19.1 Å². The van der Waals surface area contributed by atoms with Crippen molar-refractivity contribution in [1.82, 2.24) is 0 Å². The van der Waals surface area contributed by atoms with Gasteiger partial charge in [0.05, 0.1) is 0 Å². The molecule has 1 N–H and O–H groups in total. The predicted molar refractivity (Wildman–Crippen MR) is 77.0 cm³/mol. The number of hydrogen-bond donors (Lipinski definition) is 1. The minimum atomic E-state index is -0.723. The number of hydrogen-bond acceptors (Lipinski definition) is 1. The van der Waals surface area contributed by atoms with E-state index in [9.17, 15) is 8.78 Å². The first-order valence-electron chi connectivity index (χ1n) is 6.93. The molecule has 1 nitrogen and oxygen atoms in total. The van der Waals surface area contributed by atoms with Crippen molar-refractivity contribution >= 4 is 5.69 Å². The molecular formula is C17H17F2N. The van der Waals surface area contributed by atoms with Gasteiger partial charge in [-0.25, -0.2) is 8.78 Å². The summed E-state index contributed by atoms with van der Waals surface area (Å²) in [7, 11) is 0. The monoisotopic (exact) mass is 273 g/mol. The second kappa shape index (κ2) is 5.23. The summed E-state index contributed by atoms with van der Waals surface area (Å²) in [5.74, 6) is -1.43. The number of anilines is 1. The standard InChI is InChI=1S/C17H17F2N/c1-11-6-7-13(17(19)16(11)18)10-14-9-8-12-4-2-3-5-15(12)20-14/h2-7,14,20H,8-10H2,1H3. The highest BCUT2D eigenvalue weighted by atomic mass is 19.2. The summed E-state index contributed by atoms with van der Waals surface area (Å²) in [6.07, 6.45) is 2.42. The van der Waals surface area contributed by atoms with Gasteiger partial charge in [0.25, 0.3) is 0 Å². The van der Waals surface area contributed by atoms with E-state index in [-0.39, 0.29) is 6.04 Å². The van der Waals surface area contributed by atoms with Crippen LogP contribution in [0, 0.1) is 18.6 Å². The summed E-state index contributed by atoms with van der Waals surface area (Å²) >= 11 is 0. The Morgan fingerprint density at radius 3 is 2.75 bits per heavy atom. The fourth-order valence-electron chi connectivity index (χ4n) is 2.76. The lowest BCUT2D eigenvalue weighted by Gasteiger charge is -2.27. The summed E-state index contributed by atoms with van der Waals surface area (Å²) in [5.41, 5.74) is 3.20. The van der Waals surface area contributed by atoms with Gasteiger partial charge < -0.3 is 5.32 Å². The minimum Gasteiger partial charge on any atom is -0.382 e. The second-order valence-corrected chi connectivity index (χ2v) is 5.41. The van der Waals surface area contributed by atoms with E-state index in [1.807, 2.05) is 18.2 Å². The molecule has 1 aliphatic heterocycles. The molecule has 0 aromatic heterocycles. The number of aryl methyl sites for hydroxylation is 2. The van der Waals surface area contributed by atoms with Crippen LogP contribution >= 0.6 is 0 Å². The molecule has 1 atom stereocenters. The zero-order chi connectivity index (χ0) is 14.1. The molecule has 0 aliphatic carbocycles. The van der Waals surface area contributed by atoms with Gasteiger partial charge >= 0.3 is 0 Å². The van der Waals surface area contributed by atoms with Gasteiger partial charge in [0.15, 0.2) is 11.6 Å². The van der Waals surface area contributed by atoms with Crippen molar-refractivity contribution < 1.29 is 8.78 Å². The van der Waals surface area contributed by atoms with Gasteiger partial charge in [-0.15, -0.1) is 0 Å². The summed E-state index contributed by atoms with van der Waals surface area (Å²) in [4.78, 5) is 0. The first-order valence-corrected chi connectivity index (χ1v) is 6.93. The van der Waals surface area contributed by atoms with E-state index in [2.05, 4.69) is 11.4 Å². The average Bonchev–Trinajstić information content (AvgIpc) is 2.48. The number of nitrogens with one attached hydrogen (secondary N) is 1. The summed E-state index contributed by atoms with van der Waals surface area (Å²) in [5, 5.41) is 3.42. The molecule has 0 saturated carbocycles. The van der Waals surface area contributed by atoms with Crippen LogP contribution in [-0.4, -0.2) is 6.04 Å². The zero-order valence-electron chi connectivity index (χ0n) is 11.4. The highest BCUT2D eigenvalue weighted by Crippen LogP contribution is 2.27. The smallest absolute Gasteiger partial charge is 0.162 e. The molecule has 20 heavy (non-hydrogen) atoms. The lowest BCUT2D eigenvalue weighted by atomic mass is 9.93. The van der Waals surface area contributed by atoms with Gasteiger partial charge in [-0.1, -0.05) is 30.3 Å². The SMILES string of the molecule is Cc1ccc(CC2CCc3ccccc3N2)c(F)c1F.